The first kappa shape index (κ1) is 7.12. The number of benzene rings is 1. The van der Waals surface area contributed by atoms with Crippen LogP contribution < -0.4 is 16.3 Å². The molecule has 1 aliphatic heterocycles. The summed E-state index contributed by atoms with van der Waals surface area (Å²) >= 11 is 0. The van der Waals surface area contributed by atoms with E-state index in [1.807, 2.05) is 12.1 Å². The van der Waals surface area contributed by atoms with Gasteiger partial charge in [-0.05, 0) is 16.9 Å². The SMILES string of the molecule is C=c1c(CN)ccc2c1=NN=N2. The van der Waals surface area contributed by atoms with E-state index >= 15 is 0 Å². The summed E-state index contributed by atoms with van der Waals surface area (Å²) in [6, 6.07) is 3.76. The standard InChI is InChI=1S/C8H8N4/c1-5-6(4-9)2-3-7-8(5)11-12-10-7/h2-3H,1,4,9H2. The Balaban J connectivity index is 2.81. The minimum Gasteiger partial charge on any atom is -0.326 e. The van der Waals surface area contributed by atoms with Crippen LogP contribution in [0.4, 0.5) is 5.69 Å². The fourth-order valence-corrected chi connectivity index (χ4v) is 1.16. The van der Waals surface area contributed by atoms with Crippen LogP contribution in [0.2, 0.25) is 0 Å². The number of hydrogen-bond donors (Lipinski definition) is 1. The normalized spacial score (nSPS) is 12.8. The summed E-state index contributed by atoms with van der Waals surface area (Å²) in [5.74, 6) is 0. The predicted molar refractivity (Wildman–Crippen MR) is 45.2 cm³/mol. The molecule has 0 amide bonds. The molecule has 0 saturated carbocycles. The molecule has 0 aliphatic carbocycles. The highest BCUT2D eigenvalue weighted by Gasteiger charge is 2.03. The number of rotatable bonds is 1. The fraction of sp³-hybridized carbons (Fsp3) is 0.125. The molecule has 1 aromatic carbocycles. The van der Waals surface area contributed by atoms with Crippen LogP contribution in [0.25, 0.3) is 6.58 Å². The van der Waals surface area contributed by atoms with Gasteiger partial charge in [-0.25, -0.2) is 0 Å². The maximum absolute atomic E-state index is 5.50. The zero-order chi connectivity index (χ0) is 8.55. The van der Waals surface area contributed by atoms with Gasteiger partial charge >= 0.3 is 0 Å². The Morgan fingerprint density at radius 2 is 2.25 bits per heavy atom. The lowest BCUT2D eigenvalue weighted by molar-refractivity contribution is 1.04. The van der Waals surface area contributed by atoms with Gasteiger partial charge in [0.1, 0.15) is 11.0 Å². The first-order valence-corrected chi connectivity index (χ1v) is 3.62. The Bertz CT molecular complexity index is 447. The molecule has 4 heteroatoms. The number of nitrogens with zero attached hydrogens (tertiary/aromatic N) is 3. The summed E-state index contributed by atoms with van der Waals surface area (Å²) in [5.41, 5.74) is 7.27. The zero-order valence-corrected chi connectivity index (χ0v) is 6.49. The van der Waals surface area contributed by atoms with Crippen molar-refractivity contribution in [2.75, 3.05) is 0 Å². The largest absolute Gasteiger partial charge is 0.326 e. The Hall–Kier alpha value is -1.55. The highest BCUT2D eigenvalue weighted by Crippen LogP contribution is 2.08. The first-order valence-electron chi connectivity index (χ1n) is 3.62. The van der Waals surface area contributed by atoms with Crippen LogP contribution in [-0.2, 0) is 6.54 Å². The van der Waals surface area contributed by atoms with Gasteiger partial charge < -0.3 is 5.73 Å². The van der Waals surface area contributed by atoms with Crippen LogP contribution in [0.1, 0.15) is 5.56 Å². The molecule has 2 N–H and O–H groups in total. The molecule has 1 heterocycles. The van der Waals surface area contributed by atoms with Crippen LogP contribution in [0.3, 0.4) is 0 Å². The minimum atomic E-state index is 0.474. The van der Waals surface area contributed by atoms with Crippen molar-refractivity contribution < 1.29 is 0 Å². The first-order chi connectivity index (χ1) is 5.83. The van der Waals surface area contributed by atoms with E-state index in [2.05, 4.69) is 22.0 Å². The van der Waals surface area contributed by atoms with Gasteiger partial charge in [0.25, 0.3) is 0 Å². The summed E-state index contributed by atoms with van der Waals surface area (Å²) in [6.07, 6.45) is 0. The number of fused-ring (bicyclic) bond motifs is 1. The second-order valence-electron chi connectivity index (χ2n) is 2.56. The smallest absolute Gasteiger partial charge is 0.122 e. The molecule has 2 rings (SSSR count). The average molecular weight is 160 g/mol. The predicted octanol–water partition coefficient (Wildman–Crippen LogP) is 0.187. The highest BCUT2D eigenvalue weighted by atomic mass is 15.4. The van der Waals surface area contributed by atoms with Gasteiger partial charge in [-0.1, -0.05) is 12.6 Å². The summed E-state index contributed by atoms with van der Waals surface area (Å²) in [7, 11) is 0. The van der Waals surface area contributed by atoms with Crippen molar-refractivity contribution in [1.29, 1.82) is 0 Å². The quantitative estimate of drug-likeness (QED) is 0.626. The molecule has 0 fully saturated rings. The van der Waals surface area contributed by atoms with Crippen LogP contribution in [-0.4, -0.2) is 0 Å². The molecule has 1 aliphatic rings. The average Bonchev–Trinajstić information content (AvgIpc) is 2.53. The summed E-state index contributed by atoms with van der Waals surface area (Å²) in [4.78, 5) is 0. The van der Waals surface area contributed by atoms with E-state index in [0.717, 1.165) is 21.8 Å². The molecule has 60 valence electrons. The Kier molecular flexibility index (Phi) is 1.48. The minimum absolute atomic E-state index is 0.474. The van der Waals surface area contributed by atoms with E-state index in [4.69, 9.17) is 5.73 Å². The molecule has 0 radical (unpaired) electrons. The fourth-order valence-electron chi connectivity index (χ4n) is 1.16. The molecule has 0 saturated heterocycles. The van der Waals surface area contributed by atoms with Gasteiger partial charge in [0.05, 0.1) is 0 Å². The lowest BCUT2D eigenvalue weighted by Gasteiger charge is -1.96. The summed E-state index contributed by atoms with van der Waals surface area (Å²) < 4.78 is 0. The van der Waals surface area contributed by atoms with Crippen molar-refractivity contribution in [3.05, 3.63) is 28.3 Å². The van der Waals surface area contributed by atoms with E-state index < -0.39 is 0 Å². The highest BCUT2D eigenvalue weighted by molar-refractivity contribution is 5.40. The molecule has 0 aromatic heterocycles. The third-order valence-electron chi connectivity index (χ3n) is 1.88. The third kappa shape index (κ3) is 0.853. The molecule has 0 unspecified atom stereocenters. The van der Waals surface area contributed by atoms with Crippen molar-refractivity contribution in [3.8, 4) is 0 Å². The number of hydrogen-bond acceptors (Lipinski definition) is 4. The molecular formula is C8H8N4. The maximum atomic E-state index is 5.50. The monoisotopic (exact) mass is 160 g/mol. The second kappa shape index (κ2) is 2.49. The Morgan fingerprint density at radius 3 is 3.00 bits per heavy atom. The van der Waals surface area contributed by atoms with Crippen molar-refractivity contribution in [3.63, 3.8) is 0 Å². The summed E-state index contributed by atoms with van der Waals surface area (Å²) in [6.45, 7) is 4.34. The van der Waals surface area contributed by atoms with Gasteiger partial charge in [-0.2, -0.15) is 0 Å². The Labute approximate surface area is 69.1 Å². The lowest BCUT2D eigenvalue weighted by Crippen LogP contribution is -2.27. The molecule has 4 nitrogen and oxygen atoms in total. The third-order valence-corrected chi connectivity index (χ3v) is 1.88. The van der Waals surface area contributed by atoms with Crippen LogP contribution >= 0.6 is 0 Å². The van der Waals surface area contributed by atoms with E-state index in [1.165, 1.54) is 0 Å². The van der Waals surface area contributed by atoms with Crippen LogP contribution in [0.15, 0.2) is 27.6 Å². The van der Waals surface area contributed by atoms with E-state index in [1.54, 1.807) is 0 Å². The zero-order valence-electron chi connectivity index (χ0n) is 6.49. The van der Waals surface area contributed by atoms with Gasteiger partial charge in [0.15, 0.2) is 0 Å². The molecule has 1 aromatic rings. The second-order valence-corrected chi connectivity index (χ2v) is 2.56. The van der Waals surface area contributed by atoms with Crippen molar-refractivity contribution in [1.82, 2.24) is 0 Å². The maximum Gasteiger partial charge on any atom is 0.122 e. The van der Waals surface area contributed by atoms with E-state index in [0.29, 0.717) is 6.54 Å². The van der Waals surface area contributed by atoms with Crippen molar-refractivity contribution in [2.45, 2.75) is 6.54 Å². The van der Waals surface area contributed by atoms with E-state index in [-0.39, 0.29) is 0 Å². The molecule has 12 heavy (non-hydrogen) atoms. The molecule has 0 bridgehead atoms. The van der Waals surface area contributed by atoms with Crippen LogP contribution in [0, 0.1) is 0 Å². The van der Waals surface area contributed by atoms with Gasteiger partial charge in [0, 0.05) is 11.8 Å². The molecular weight excluding hydrogens is 152 g/mol. The number of nitrogens with two attached hydrogens (primary N) is 1. The van der Waals surface area contributed by atoms with Gasteiger partial charge in [-0.3, -0.25) is 0 Å². The van der Waals surface area contributed by atoms with Gasteiger partial charge in [0.2, 0.25) is 0 Å². The topological polar surface area (TPSA) is 63.1 Å². The van der Waals surface area contributed by atoms with Gasteiger partial charge in [-0.15, -0.1) is 10.2 Å². The molecule has 0 spiro atoms. The van der Waals surface area contributed by atoms with E-state index in [9.17, 15) is 0 Å². The summed E-state index contributed by atoms with van der Waals surface area (Å²) in [5, 5.41) is 12.8. The van der Waals surface area contributed by atoms with Crippen molar-refractivity contribution >= 4 is 12.3 Å². The van der Waals surface area contributed by atoms with Crippen LogP contribution in [0.5, 0.6) is 0 Å². The molecule has 0 atom stereocenters. The Morgan fingerprint density at radius 1 is 1.42 bits per heavy atom. The van der Waals surface area contributed by atoms with Crippen molar-refractivity contribution in [2.24, 2.45) is 21.2 Å². The lowest BCUT2D eigenvalue weighted by atomic mass is 10.1.